The number of unbranched alkanes of at least 4 members (excludes halogenated alkanes) is 1. The number of ketones is 1. The first-order chi connectivity index (χ1) is 13.5. The molecule has 1 aromatic carbocycles. The van der Waals surface area contributed by atoms with Crippen LogP contribution in [0.2, 0.25) is 0 Å². The standard InChI is InChI=1S/C21H25N3O4/c1-3-4-8-12-21(18(25)17(23-22)19(26)28-2)13-9-14-24(20(21)27)15-16-10-6-5-7-11-16/h3,5-7,10-11H,1,4,8-9,12-15H2,2H3. The summed E-state index contributed by atoms with van der Waals surface area (Å²) in [5.74, 6) is -2.18. The van der Waals surface area contributed by atoms with Gasteiger partial charge in [-0.05, 0) is 37.7 Å². The van der Waals surface area contributed by atoms with Crippen LogP contribution in [0.3, 0.4) is 0 Å². The molecule has 1 unspecified atom stereocenters. The second kappa shape index (κ2) is 9.76. The first-order valence-electron chi connectivity index (χ1n) is 9.29. The minimum absolute atomic E-state index is 0.248. The number of amides is 1. The number of likely N-dealkylation sites (tertiary alicyclic amines) is 1. The minimum Gasteiger partial charge on any atom is -0.460 e. The molecule has 1 heterocycles. The Kier molecular flexibility index (Phi) is 7.41. The molecule has 1 fully saturated rings. The van der Waals surface area contributed by atoms with E-state index >= 15 is 0 Å². The van der Waals surface area contributed by atoms with Crippen LogP contribution in [0.1, 0.15) is 37.7 Å². The summed E-state index contributed by atoms with van der Waals surface area (Å²) >= 11 is 0. The third kappa shape index (κ3) is 4.43. The largest absolute Gasteiger partial charge is 0.460 e. The van der Waals surface area contributed by atoms with Crippen LogP contribution in [-0.2, 0) is 25.7 Å². The van der Waals surface area contributed by atoms with E-state index in [1.54, 1.807) is 11.0 Å². The van der Waals surface area contributed by atoms with Crippen molar-refractivity contribution in [3.05, 3.63) is 54.1 Å². The maximum absolute atomic E-state index is 13.4. The van der Waals surface area contributed by atoms with Crippen LogP contribution in [0.5, 0.6) is 0 Å². The summed E-state index contributed by atoms with van der Waals surface area (Å²) in [5.41, 5.74) is 8.00. The van der Waals surface area contributed by atoms with Gasteiger partial charge in [0.15, 0.2) is 0 Å². The van der Waals surface area contributed by atoms with Gasteiger partial charge in [0, 0.05) is 13.1 Å². The van der Waals surface area contributed by atoms with Crippen LogP contribution in [0.15, 0.2) is 43.0 Å². The SMILES string of the molecule is C=CCCCC1(C(=O)C(=[N+]=[N-])C(=O)OC)CCCN(Cc2ccccc2)C1=O. The summed E-state index contributed by atoms with van der Waals surface area (Å²) in [5, 5.41) is 0. The van der Waals surface area contributed by atoms with Crippen molar-refractivity contribution in [1.82, 2.24) is 4.90 Å². The molecule has 0 N–H and O–H groups in total. The number of hydrogen-bond acceptors (Lipinski definition) is 4. The molecule has 1 saturated heterocycles. The Morgan fingerprint density at radius 2 is 2.07 bits per heavy atom. The molecule has 7 heteroatoms. The van der Waals surface area contributed by atoms with Crippen molar-refractivity contribution >= 4 is 23.4 Å². The molecule has 0 saturated carbocycles. The highest BCUT2D eigenvalue weighted by atomic mass is 16.5. The summed E-state index contributed by atoms with van der Waals surface area (Å²) in [6, 6.07) is 9.50. The van der Waals surface area contributed by atoms with Crippen molar-refractivity contribution < 1.29 is 23.9 Å². The van der Waals surface area contributed by atoms with Crippen LogP contribution in [0.4, 0.5) is 0 Å². The number of rotatable bonds is 9. The zero-order valence-electron chi connectivity index (χ0n) is 16.1. The van der Waals surface area contributed by atoms with E-state index < -0.39 is 22.9 Å². The molecule has 7 nitrogen and oxygen atoms in total. The molecule has 2 rings (SSSR count). The molecular weight excluding hydrogens is 358 g/mol. The van der Waals surface area contributed by atoms with Crippen molar-refractivity contribution in [2.45, 2.75) is 38.6 Å². The molecular formula is C21H25N3O4. The molecule has 0 bridgehead atoms. The van der Waals surface area contributed by atoms with Gasteiger partial charge >= 0.3 is 11.7 Å². The highest BCUT2D eigenvalue weighted by molar-refractivity contribution is 6.64. The van der Waals surface area contributed by atoms with E-state index in [1.165, 1.54) is 0 Å². The quantitative estimate of drug-likeness (QED) is 0.124. The molecule has 1 aliphatic heterocycles. The smallest absolute Gasteiger partial charge is 0.442 e. The molecule has 0 spiro atoms. The Labute approximate surface area is 164 Å². The fraction of sp³-hybridized carbons (Fsp3) is 0.429. The van der Waals surface area contributed by atoms with E-state index in [1.807, 2.05) is 30.3 Å². The topological polar surface area (TPSA) is 100 Å². The molecule has 1 amide bonds. The minimum atomic E-state index is -1.44. The Morgan fingerprint density at radius 3 is 2.68 bits per heavy atom. The van der Waals surface area contributed by atoms with E-state index in [-0.39, 0.29) is 12.3 Å². The number of methoxy groups -OCH3 is 1. The zero-order valence-corrected chi connectivity index (χ0v) is 16.1. The number of Topliss-reactive ketones (excluding diaryl/α,β-unsaturated/α-hetero) is 1. The van der Waals surface area contributed by atoms with Crippen LogP contribution >= 0.6 is 0 Å². The van der Waals surface area contributed by atoms with Crippen molar-refractivity contribution in [3.8, 4) is 0 Å². The average molecular weight is 383 g/mol. The van der Waals surface area contributed by atoms with Crippen molar-refractivity contribution in [2.75, 3.05) is 13.7 Å². The highest BCUT2D eigenvalue weighted by Gasteiger charge is 2.55. The summed E-state index contributed by atoms with van der Waals surface area (Å²) in [6.07, 6.45) is 4.05. The molecule has 0 aromatic heterocycles. The number of hydrogen-bond donors (Lipinski definition) is 0. The van der Waals surface area contributed by atoms with E-state index in [2.05, 4.69) is 16.1 Å². The molecule has 1 aliphatic rings. The molecule has 148 valence electrons. The number of ether oxygens (including phenoxy) is 1. The number of benzene rings is 1. The fourth-order valence-electron chi connectivity index (χ4n) is 3.64. The van der Waals surface area contributed by atoms with Crippen LogP contribution < -0.4 is 0 Å². The van der Waals surface area contributed by atoms with E-state index in [4.69, 9.17) is 0 Å². The van der Waals surface area contributed by atoms with Gasteiger partial charge in [-0.25, -0.2) is 4.79 Å². The number of carbonyl (C=O) groups is 3. The summed E-state index contributed by atoms with van der Waals surface area (Å²) in [7, 11) is 1.09. The number of nitrogens with zero attached hydrogens (tertiary/aromatic N) is 3. The van der Waals surface area contributed by atoms with Gasteiger partial charge in [-0.2, -0.15) is 4.79 Å². The van der Waals surface area contributed by atoms with Crippen LogP contribution in [-0.4, -0.2) is 46.7 Å². The van der Waals surface area contributed by atoms with E-state index in [0.717, 1.165) is 12.7 Å². The molecule has 28 heavy (non-hydrogen) atoms. The van der Waals surface area contributed by atoms with Gasteiger partial charge in [0.05, 0.1) is 7.11 Å². The predicted molar refractivity (Wildman–Crippen MR) is 103 cm³/mol. The second-order valence-corrected chi connectivity index (χ2v) is 6.85. The lowest BCUT2D eigenvalue weighted by Crippen LogP contribution is -2.55. The van der Waals surface area contributed by atoms with Gasteiger partial charge in [0.2, 0.25) is 5.91 Å². The number of piperidine rings is 1. The van der Waals surface area contributed by atoms with Gasteiger partial charge in [-0.1, -0.05) is 36.4 Å². The van der Waals surface area contributed by atoms with Crippen LogP contribution in [0, 0.1) is 5.41 Å². The van der Waals surface area contributed by atoms with Gasteiger partial charge < -0.3 is 15.2 Å². The average Bonchev–Trinajstić information content (AvgIpc) is 2.72. The van der Waals surface area contributed by atoms with Crippen molar-refractivity contribution in [3.63, 3.8) is 0 Å². The van der Waals surface area contributed by atoms with Crippen LogP contribution in [0.25, 0.3) is 5.53 Å². The Bertz CT molecular complexity index is 799. The predicted octanol–water partition coefficient (Wildman–Crippen LogP) is 2.56. The molecule has 0 radical (unpaired) electrons. The molecule has 1 aromatic rings. The first kappa shape index (κ1) is 21.3. The second-order valence-electron chi connectivity index (χ2n) is 6.85. The third-order valence-corrected chi connectivity index (χ3v) is 5.08. The Hall–Kier alpha value is -3.05. The number of allylic oxidation sites excluding steroid dienone is 1. The molecule has 0 aliphatic carbocycles. The van der Waals surface area contributed by atoms with Crippen molar-refractivity contribution in [2.24, 2.45) is 5.41 Å². The lowest BCUT2D eigenvalue weighted by molar-refractivity contribution is -0.155. The fourth-order valence-corrected chi connectivity index (χ4v) is 3.64. The Morgan fingerprint density at radius 1 is 1.36 bits per heavy atom. The summed E-state index contributed by atoms with van der Waals surface area (Å²) < 4.78 is 4.55. The van der Waals surface area contributed by atoms with Crippen molar-refractivity contribution in [1.29, 1.82) is 0 Å². The van der Waals surface area contributed by atoms with Gasteiger partial charge in [-0.3, -0.25) is 9.59 Å². The normalized spacial score (nSPS) is 18.9. The molecule has 1 atom stereocenters. The lowest BCUT2D eigenvalue weighted by Gasteiger charge is -2.39. The maximum Gasteiger partial charge on any atom is 0.442 e. The third-order valence-electron chi connectivity index (χ3n) is 5.08. The maximum atomic E-state index is 13.4. The monoisotopic (exact) mass is 383 g/mol. The highest BCUT2D eigenvalue weighted by Crippen LogP contribution is 2.38. The van der Waals surface area contributed by atoms with E-state index in [9.17, 15) is 19.9 Å². The Balaban J connectivity index is 2.38. The van der Waals surface area contributed by atoms with Gasteiger partial charge in [0.1, 0.15) is 5.41 Å². The van der Waals surface area contributed by atoms with Gasteiger partial charge in [0.25, 0.3) is 5.78 Å². The van der Waals surface area contributed by atoms with E-state index in [0.29, 0.717) is 38.8 Å². The number of carbonyl (C=O) groups excluding carboxylic acids is 3. The zero-order chi connectivity index (χ0) is 20.6. The summed E-state index contributed by atoms with van der Waals surface area (Å²) in [6.45, 7) is 4.57. The number of esters is 1. The first-order valence-corrected chi connectivity index (χ1v) is 9.29. The lowest BCUT2D eigenvalue weighted by atomic mass is 9.70. The van der Waals surface area contributed by atoms with Gasteiger partial charge in [-0.15, -0.1) is 6.58 Å². The summed E-state index contributed by atoms with van der Waals surface area (Å²) in [4.78, 5) is 43.0.